The van der Waals surface area contributed by atoms with E-state index in [1.165, 1.54) is 0 Å². The van der Waals surface area contributed by atoms with E-state index in [0.717, 1.165) is 22.3 Å². The van der Waals surface area contributed by atoms with Gasteiger partial charge in [-0.05, 0) is 44.0 Å². The van der Waals surface area contributed by atoms with Crippen molar-refractivity contribution in [1.82, 2.24) is 0 Å². The van der Waals surface area contributed by atoms with Gasteiger partial charge in [-0.25, -0.2) is 0 Å². The molecule has 0 amide bonds. The molecule has 2 rings (SSSR count). The Morgan fingerprint density at radius 1 is 1.05 bits per heavy atom. The van der Waals surface area contributed by atoms with Gasteiger partial charge >= 0.3 is 0 Å². The maximum atomic E-state index is 12.3. The van der Waals surface area contributed by atoms with Crippen molar-refractivity contribution in [2.75, 3.05) is 6.61 Å². The zero-order valence-corrected chi connectivity index (χ0v) is 14.2. The minimum atomic E-state index is -2.27. The second-order valence-corrected chi connectivity index (χ2v) is 6.89. The molecule has 3 nitrogen and oxygen atoms in total. The summed E-state index contributed by atoms with van der Waals surface area (Å²) in [5, 5.41) is 0.683. The number of ketones is 1. The number of aryl methyl sites for hydroxylation is 3. The lowest BCUT2D eigenvalue weighted by molar-refractivity contribution is 0.0963. The Kier molecular flexibility index (Phi) is 5.70. The van der Waals surface area contributed by atoms with Gasteiger partial charge in [-0.3, -0.25) is 9.36 Å². The maximum Gasteiger partial charge on any atom is 0.220 e. The summed E-state index contributed by atoms with van der Waals surface area (Å²) in [4.78, 5) is 12.3. The molecule has 1 atom stereocenters. The molecule has 0 aromatic heterocycles. The van der Waals surface area contributed by atoms with Crippen LogP contribution in [0.3, 0.4) is 0 Å². The zero-order chi connectivity index (χ0) is 16.1. The van der Waals surface area contributed by atoms with Crippen molar-refractivity contribution in [2.24, 2.45) is 0 Å². The maximum absolute atomic E-state index is 12.3. The fourth-order valence-electron chi connectivity index (χ4n) is 2.64. The van der Waals surface area contributed by atoms with Crippen LogP contribution in [0.1, 0.15) is 33.5 Å². The summed E-state index contributed by atoms with van der Waals surface area (Å²) < 4.78 is 17.3. The normalized spacial score (nSPS) is 12.1. The highest BCUT2D eigenvalue weighted by Gasteiger charge is 2.13. The molecule has 0 spiro atoms. The van der Waals surface area contributed by atoms with E-state index in [-0.39, 0.29) is 18.8 Å². The molecule has 0 saturated carbocycles. The summed E-state index contributed by atoms with van der Waals surface area (Å²) in [7, 11) is -2.27. The van der Waals surface area contributed by atoms with Crippen LogP contribution in [0.4, 0.5) is 0 Å². The van der Waals surface area contributed by atoms with Crippen LogP contribution >= 0.6 is 8.03 Å². The molecule has 0 fully saturated rings. The number of benzene rings is 2. The number of rotatable bonds is 6. The topological polar surface area (TPSA) is 43.4 Å². The average Bonchev–Trinajstić information content (AvgIpc) is 2.47. The number of carbonyl (C=O) groups is 1. The van der Waals surface area contributed by atoms with Gasteiger partial charge in [0.05, 0.1) is 6.61 Å². The number of hydrogen-bond donors (Lipinski definition) is 0. The van der Waals surface area contributed by atoms with Gasteiger partial charge in [0.25, 0.3) is 0 Å². The first-order valence-electron chi connectivity index (χ1n) is 7.32. The Labute approximate surface area is 132 Å². The van der Waals surface area contributed by atoms with Crippen LogP contribution in [0.5, 0.6) is 0 Å². The summed E-state index contributed by atoms with van der Waals surface area (Å²) >= 11 is 0. The van der Waals surface area contributed by atoms with Crippen molar-refractivity contribution >= 4 is 19.1 Å². The van der Waals surface area contributed by atoms with Crippen molar-refractivity contribution in [3.05, 3.63) is 64.7 Å². The largest absolute Gasteiger partial charge is 0.327 e. The average molecular weight is 316 g/mol. The molecule has 0 aliphatic heterocycles. The standard InChI is InChI=1S/C18H21O3P/c1-13-11-14(2)18(15(3)12-13)17(19)9-10-21-22(20)16-7-5-4-6-8-16/h4-8,11-12,22H,9-10H2,1-3H3. The molecule has 22 heavy (non-hydrogen) atoms. The van der Waals surface area contributed by atoms with Gasteiger partial charge in [-0.15, -0.1) is 0 Å². The Morgan fingerprint density at radius 3 is 2.23 bits per heavy atom. The third-order valence-electron chi connectivity index (χ3n) is 3.53. The van der Waals surface area contributed by atoms with Crippen molar-refractivity contribution in [3.8, 4) is 0 Å². The molecule has 0 radical (unpaired) electrons. The lowest BCUT2D eigenvalue weighted by atomic mass is 9.95. The van der Waals surface area contributed by atoms with E-state index in [1.54, 1.807) is 12.1 Å². The summed E-state index contributed by atoms with van der Waals surface area (Å²) in [6, 6.07) is 13.1. The van der Waals surface area contributed by atoms with E-state index in [9.17, 15) is 9.36 Å². The van der Waals surface area contributed by atoms with Crippen molar-refractivity contribution in [1.29, 1.82) is 0 Å². The number of carbonyl (C=O) groups excluding carboxylic acids is 1. The number of hydrogen-bond acceptors (Lipinski definition) is 3. The van der Waals surface area contributed by atoms with E-state index in [1.807, 2.05) is 51.1 Å². The van der Waals surface area contributed by atoms with Crippen molar-refractivity contribution in [3.63, 3.8) is 0 Å². The second kappa shape index (κ2) is 7.53. The highest BCUT2D eigenvalue weighted by molar-refractivity contribution is 7.48. The molecule has 0 saturated heterocycles. The Morgan fingerprint density at radius 2 is 1.64 bits per heavy atom. The highest BCUT2D eigenvalue weighted by atomic mass is 31.1. The van der Waals surface area contributed by atoms with E-state index >= 15 is 0 Å². The fourth-order valence-corrected chi connectivity index (χ4v) is 3.56. The molecule has 0 bridgehead atoms. The van der Waals surface area contributed by atoms with E-state index in [4.69, 9.17) is 4.52 Å². The summed E-state index contributed by atoms with van der Waals surface area (Å²) in [5.74, 6) is 0.0397. The quantitative estimate of drug-likeness (QED) is 0.597. The summed E-state index contributed by atoms with van der Waals surface area (Å²) in [5.41, 5.74) is 3.88. The van der Waals surface area contributed by atoms with E-state index in [0.29, 0.717) is 5.30 Å². The van der Waals surface area contributed by atoms with E-state index in [2.05, 4.69) is 0 Å². The van der Waals surface area contributed by atoms with E-state index < -0.39 is 8.03 Å². The molecule has 2 aromatic carbocycles. The van der Waals surface area contributed by atoms with Gasteiger partial charge in [-0.2, -0.15) is 0 Å². The predicted octanol–water partition coefficient (Wildman–Crippen LogP) is 4.00. The van der Waals surface area contributed by atoms with Crippen LogP contribution in [0.2, 0.25) is 0 Å². The molecule has 1 unspecified atom stereocenters. The second-order valence-electron chi connectivity index (χ2n) is 5.45. The minimum absolute atomic E-state index is 0.0397. The van der Waals surface area contributed by atoms with Crippen LogP contribution in [0.15, 0.2) is 42.5 Å². The SMILES string of the molecule is Cc1cc(C)c(C(=O)CCO[PH](=O)c2ccccc2)c(C)c1. The molecule has 0 aliphatic carbocycles. The van der Waals surface area contributed by atoms with Crippen LogP contribution < -0.4 is 5.30 Å². The molecule has 4 heteroatoms. The van der Waals surface area contributed by atoms with Gasteiger partial charge in [0, 0.05) is 17.3 Å². The first-order valence-corrected chi connectivity index (χ1v) is 8.64. The van der Waals surface area contributed by atoms with Crippen LogP contribution in [-0.4, -0.2) is 12.4 Å². The Hall–Kier alpha value is -1.70. The summed E-state index contributed by atoms with van der Waals surface area (Å²) in [6.45, 7) is 6.09. The van der Waals surface area contributed by atoms with Gasteiger partial charge in [-0.1, -0.05) is 35.9 Å². The lowest BCUT2D eigenvalue weighted by Gasteiger charge is -2.10. The third kappa shape index (κ3) is 4.16. The Balaban J connectivity index is 1.95. The molecule has 0 N–H and O–H groups in total. The number of Topliss-reactive ketones (excluding diaryl/α,β-unsaturated/α-hetero) is 1. The summed E-state index contributed by atoms with van der Waals surface area (Å²) in [6.07, 6.45) is 0.244. The van der Waals surface area contributed by atoms with Crippen LogP contribution in [0, 0.1) is 20.8 Å². The van der Waals surface area contributed by atoms with Gasteiger partial charge in [0.1, 0.15) is 0 Å². The Bertz CT molecular complexity index is 670. The van der Waals surface area contributed by atoms with Gasteiger partial charge in [0.15, 0.2) is 5.78 Å². The molecular weight excluding hydrogens is 295 g/mol. The minimum Gasteiger partial charge on any atom is -0.327 e. The van der Waals surface area contributed by atoms with Crippen LogP contribution in [-0.2, 0) is 9.09 Å². The van der Waals surface area contributed by atoms with Crippen molar-refractivity contribution < 1.29 is 13.9 Å². The monoisotopic (exact) mass is 316 g/mol. The smallest absolute Gasteiger partial charge is 0.220 e. The molecule has 0 heterocycles. The highest BCUT2D eigenvalue weighted by Crippen LogP contribution is 2.23. The fraction of sp³-hybridized carbons (Fsp3) is 0.278. The third-order valence-corrected chi connectivity index (χ3v) is 4.80. The molecular formula is C18H21O3P. The molecule has 116 valence electrons. The first-order chi connectivity index (χ1) is 10.5. The molecule has 2 aromatic rings. The zero-order valence-electron chi connectivity index (χ0n) is 13.2. The van der Waals surface area contributed by atoms with Gasteiger partial charge < -0.3 is 4.52 Å². The van der Waals surface area contributed by atoms with Crippen molar-refractivity contribution in [2.45, 2.75) is 27.2 Å². The first kappa shape index (κ1) is 16.7. The lowest BCUT2D eigenvalue weighted by Crippen LogP contribution is -2.08. The molecule has 0 aliphatic rings. The van der Waals surface area contributed by atoms with Crippen LogP contribution in [0.25, 0.3) is 0 Å². The van der Waals surface area contributed by atoms with Gasteiger partial charge in [0.2, 0.25) is 8.03 Å². The predicted molar refractivity (Wildman–Crippen MR) is 90.6 cm³/mol.